The minimum absolute atomic E-state index is 0.166. The van der Waals surface area contributed by atoms with Gasteiger partial charge in [0.1, 0.15) is 0 Å². The fourth-order valence-electron chi connectivity index (χ4n) is 2.80. The third kappa shape index (κ3) is 2.10. The molecule has 0 spiro atoms. The van der Waals surface area contributed by atoms with Crippen LogP contribution in [0.5, 0.6) is 0 Å². The summed E-state index contributed by atoms with van der Waals surface area (Å²) in [6.07, 6.45) is 4.51. The molecule has 2 rings (SSSR count). The number of ether oxygens (including phenoxy) is 1. The Labute approximate surface area is 85.1 Å². The fraction of sp³-hybridized carbons (Fsp3) is 1.00. The van der Waals surface area contributed by atoms with Crippen molar-refractivity contribution in [1.29, 1.82) is 0 Å². The zero-order valence-electron chi connectivity index (χ0n) is 8.56. The van der Waals surface area contributed by atoms with Crippen LogP contribution in [0.3, 0.4) is 0 Å². The van der Waals surface area contributed by atoms with Gasteiger partial charge in [0, 0.05) is 12.5 Å². The van der Waals surface area contributed by atoms with Crippen LogP contribution in [0.15, 0.2) is 0 Å². The molecule has 0 aromatic heterocycles. The molecule has 0 bridgehead atoms. The average Bonchev–Trinajstić information content (AvgIpc) is 2.20. The summed E-state index contributed by atoms with van der Waals surface area (Å²) in [6, 6.07) is 0. The molecule has 3 heteroatoms. The number of hydrogen-bond donors (Lipinski definition) is 2. The van der Waals surface area contributed by atoms with E-state index < -0.39 is 0 Å². The van der Waals surface area contributed by atoms with Gasteiger partial charge in [0.25, 0.3) is 0 Å². The summed E-state index contributed by atoms with van der Waals surface area (Å²) in [5.74, 6) is 0.429. The van der Waals surface area contributed by atoms with E-state index >= 15 is 0 Å². The van der Waals surface area contributed by atoms with Gasteiger partial charge in [-0.1, -0.05) is 12.8 Å². The first-order valence-electron chi connectivity index (χ1n) is 5.73. The largest absolute Gasteiger partial charge is 0.393 e. The van der Waals surface area contributed by atoms with Gasteiger partial charge in [-0.2, -0.15) is 0 Å². The highest BCUT2D eigenvalue weighted by Gasteiger charge is 2.36. The van der Waals surface area contributed by atoms with Crippen LogP contribution in [0.1, 0.15) is 32.1 Å². The van der Waals surface area contributed by atoms with Gasteiger partial charge in [-0.05, 0) is 25.2 Å². The lowest BCUT2D eigenvalue weighted by Gasteiger charge is -2.38. The Morgan fingerprint density at radius 1 is 0.857 bits per heavy atom. The molecule has 2 aliphatic rings. The Morgan fingerprint density at radius 3 is 2.29 bits per heavy atom. The van der Waals surface area contributed by atoms with Crippen LogP contribution in [0.4, 0.5) is 0 Å². The maximum absolute atomic E-state index is 9.87. The SMILES string of the molecule is OC1CCCCC1C1COCCC1O. The van der Waals surface area contributed by atoms with E-state index in [0.717, 1.165) is 25.7 Å². The van der Waals surface area contributed by atoms with E-state index in [2.05, 4.69) is 0 Å². The van der Waals surface area contributed by atoms with Crippen molar-refractivity contribution < 1.29 is 14.9 Å². The summed E-state index contributed by atoms with van der Waals surface area (Å²) in [5, 5.41) is 19.7. The molecule has 3 nitrogen and oxygen atoms in total. The lowest BCUT2D eigenvalue weighted by molar-refractivity contribution is -0.0906. The van der Waals surface area contributed by atoms with E-state index in [1.54, 1.807) is 0 Å². The summed E-state index contributed by atoms with van der Waals surface area (Å²) in [4.78, 5) is 0. The molecule has 1 aliphatic heterocycles. The molecule has 14 heavy (non-hydrogen) atoms. The molecule has 82 valence electrons. The maximum Gasteiger partial charge on any atom is 0.0615 e. The van der Waals surface area contributed by atoms with Crippen LogP contribution in [-0.2, 0) is 4.74 Å². The first-order chi connectivity index (χ1) is 6.79. The molecule has 2 N–H and O–H groups in total. The Hall–Kier alpha value is -0.120. The molecular weight excluding hydrogens is 180 g/mol. The minimum atomic E-state index is -0.263. The van der Waals surface area contributed by atoms with Gasteiger partial charge < -0.3 is 14.9 Å². The van der Waals surface area contributed by atoms with Crippen molar-refractivity contribution in [3.63, 3.8) is 0 Å². The zero-order chi connectivity index (χ0) is 9.97. The van der Waals surface area contributed by atoms with E-state index in [-0.39, 0.29) is 24.0 Å². The Morgan fingerprint density at radius 2 is 1.57 bits per heavy atom. The normalized spacial score (nSPS) is 45.0. The van der Waals surface area contributed by atoms with E-state index in [4.69, 9.17) is 4.74 Å². The molecule has 0 aromatic carbocycles. The van der Waals surface area contributed by atoms with Crippen LogP contribution in [0.2, 0.25) is 0 Å². The number of aliphatic hydroxyl groups is 2. The first-order valence-corrected chi connectivity index (χ1v) is 5.73. The highest BCUT2D eigenvalue weighted by Crippen LogP contribution is 2.34. The van der Waals surface area contributed by atoms with E-state index in [1.807, 2.05) is 0 Å². The van der Waals surface area contributed by atoms with Crippen LogP contribution in [0.25, 0.3) is 0 Å². The van der Waals surface area contributed by atoms with Crippen molar-refractivity contribution >= 4 is 0 Å². The van der Waals surface area contributed by atoms with Gasteiger partial charge in [0.2, 0.25) is 0 Å². The summed E-state index contributed by atoms with van der Waals surface area (Å²) < 4.78 is 5.38. The monoisotopic (exact) mass is 200 g/mol. The van der Waals surface area contributed by atoms with E-state index in [1.165, 1.54) is 6.42 Å². The molecule has 1 saturated heterocycles. The van der Waals surface area contributed by atoms with Gasteiger partial charge in [-0.3, -0.25) is 0 Å². The molecule has 0 aromatic rings. The molecule has 1 heterocycles. The molecule has 2 fully saturated rings. The molecule has 0 amide bonds. The minimum Gasteiger partial charge on any atom is -0.393 e. The van der Waals surface area contributed by atoms with Gasteiger partial charge in [0.15, 0.2) is 0 Å². The quantitative estimate of drug-likeness (QED) is 0.662. The van der Waals surface area contributed by atoms with Crippen LogP contribution in [-0.4, -0.2) is 35.6 Å². The lowest BCUT2D eigenvalue weighted by Crippen LogP contribution is -2.42. The third-order valence-electron chi connectivity index (χ3n) is 3.69. The van der Waals surface area contributed by atoms with E-state index in [0.29, 0.717) is 13.2 Å². The fourth-order valence-corrected chi connectivity index (χ4v) is 2.80. The second kappa shape index (κ2) is 4.60. The van der Waals surface area contributed by atoms with Crippen molar-refractivity contribution in [1.82, 2.24) is 0 Å². The number of rotatable bonds is 1. The molecule has 4 unspecified atom stereocenters. The van der Waals surface area contributed by atoms with E-state index in [9.17, 15) is 10.2 Å². The topological polar surface area (TPSA) is 49.7 Å². The van der Waals surface area contributed by atoms with Gasteiger partial charge in [0.05, 0.1) is 18.8 Å². The van der Waals surface area contributed by atoms with Crippen LogP contribution in [0, 0.1) is 11.8 Å². The zero-order valence-corrected chi connectivity index (χ0v) is 8.56. The first kappa shape index (κ1) is 10.4. The van der Waals surface area contributed by atoms with Crippen LogP contribution < -0.4 is 0 Å². The maximum atomic E-state index is 9.87. The van der Waals surface area contributed by atoms with Crippen molar-refractivity contribution in [2.45, 2.75) is 44.3 Å². The Bertz CT molecular complexity index is 163. The summed E-state index contributed by atoms with van der Waals surface area (Å²) >= 11 is 0. The second-order valence-electron chi connectivity index (χ2n) is 4.61. The standard InChI is InChI=1S/C11H20O3/c12-10-4-2-1-3-8(10)9-7-14-6-5-11(9)13/h8-13H,1-7H2. The predicted molar refractivity (Wildman–Crippen MR) is 52.9 cm³/mol. The number of aliphatic hydroxyl groups excluding tert-OH is 2. The summed E-state index contributed by atoms with van der Waals surface area (Å²) in [6.45, 7) is 1.30. The molecule has 1 saturated carbocycles. The van der Waals surface area contributed by atoms with Crippen LogP contribution >= 0.6 is 0 Å². The number of hydrogen-bond acceptors (Lipinski definition) is 3. The highest BCUT2D eigenvalue weighted by atomic mass is 16.5. The van der Waals surface area contributed by atoms with Gasteiger partial charge in [-0.15, -0.1) is 0 Å². The summed E-state index contributed by atoms with van der Waals surface area (Å²) in [7, 11) is 0. The third-order valence-corrected chi connectivity index (χ3v) is 3.69. The summed E-state index contributed by atoms with van der Waals surface area (Å²) in [5.41, 5.74) is 0. The highest BCUT2D eigenvalue weighted by molar-refractivity contribution is 4.85. The smallest absolute Gasteiger partial charge is 0.0615 e. The average molecular weight is 200 g/mol. The Kier molecular flexibility index (Phi) is 3.42. The van der Waals surface area contributed by atoms with Crippen molar-refractivity contribution in [2.24, 2.45) is 11.8 Å². The Balaban J connectivity index is 1.96. The second-order valence-corrected chi connectivity index (χ2v) is 4.61. The molecular formula is C11H20O3. The predicted octanol–water partition coefficient (Wildman–Crippen LogP) is 0.935. The molecule has 4 atom stereocenters. The van der Waals surface area contributed by atoms with Crippen molar-refractivity contribution in [2.75, 3.05) is 13.2 Å². The van der Waals surface area contributed by atoms with Gasteiger partial charge in [-0.25, -0.2) is 0 Å². The van der Waals surface area contributed by atoms with Gasteiger partial charge >= 0.3 is 0 Å². The molecule has 1 aliphatic carbocycles. The van der Waals surface area contributed by atoms with Crippen molar-refractivity contribution in [3.05, 3.63) is 0 Å². The van der Waals surface area contributed by atoms with Crippen molar-refractivity contribution in [3.8, 4) is 0 Å². The molecule has 0 radical (unpaired) electrons. The lowest BCUT2D eigenvalue weighted by atomic mass is 9.75.